The Morgan fingerprint density at radius 1 is 1.36 bits per heavy atom. The first-order chi connectivity index (χ1) is 6.79. The lowest BCUT2D eigenvalue weighted by atomic mass is 10.3. The van der Waals surface area contributed by atoms with Crippen molar-refractivity contribution >= 4 is 5.65 Å². The van der Waals surface area contributed by atoms with Crippen LogP contribution >= 0.6 is 0 Å². The highest BCUT2D eigenvalue weighted by atomic mass is 19.1. The van der Waals surface area contributed by atoms with Crippen molar-refractivity contribution in [1.29, 1.82) is 0 Å². The largest absolute Gasteiger partial charge is 0.396 e. The molecule has 0 saturated heterocycles. The number of aryl methyl sites for hydroxylation is 1. The predicted molar refractivity (Wildman–Crippen MR) is 50.6 cm³/mol. The molecule has 0 atom stereocenters. The lowest BCUT2D eigenvalue weighted by Crippen LogP contribution is -1.88. The number of rotatable bonds is 3. The van der Waals surface area contributed by atoms with Crippen LogP contribution in [-0.4, -0.2) is 21.1 Å². The van der Waals surface area contributed by atoms with Gasteiger partial charge in [-0.2, -0.15) is 0 Å². The molecule has 1 N–H and O–H groups in total. The summed E-state index contributed by atoms with van der Waals surface area (Å²) in [6, 6.07) is 3.02. The van der Waals surface area contributed by atoms with Crippen LogP contribution in [0.4, 0.5) is 4.39 Å². The summed E-state index contributed by atoms with van der Waals surface area (Å²) < 4.78 is 14.5. The third-order valence-corrected chi connectivity index (χ3v) is 2.06. The second-order valence-electron chi connectivity index (χ2n) is 3.17. The molecular formula is C10H11FN2O. The van der Waals surface area contributed by atoms with Gasteiger partial charge in [-0.3, -0.25) is 0 Å². The Balaban J connectivity index is 2.32. The van der Waals surface area contributed by atoms with E-state index < -0.39 is 0 Å². The molecule has 0 amide bonds. The highest BCUT2D eigenvalue weighted by Gasteiger charge is 2.01. The van der Waals surface area contributed by atoms with Crippen LogP contribution < -0.4 is 0 Å². The summed E-state index contributed by atoms with van der Waals surface area (Å²) in [6.07, 6.45) is 4.59. The Morgan fingerprint density at radius 2 is 2.21 bits per heavy atom. The van der Waals surface area contributed by atoms with Crippen LogP contribution in [0.5, 0.6) is 0 Å². The molecule has 0 aliphatic carbocycles. The zero-order chi connectivity index (χ0) is 9.97. The van der Waals surface area contributed by atoms with Crippen LogP contribution in [0.15, 0.2) is 24.5 Å². The van der Waals surface area contributed by atoms with Gasteiger partial charge in [0.25, 0.3) is 0 Å². The summed E-state index contributed by atoms with van der Waals surface area (Å²) in [4.78, 5) is 4.28. The molecule has 14 heavy (non-hydrogen) atoms. The first-order valence-corrected chi connectivity index (χ1v) is 4.53. The minimum atomic E-state index is -0.274. The van der Waals surface area contributed by atoms with Gasteiger partial charge in [-0.15, -0.1) is 0 Å². The molecule has 0 fully saturated rings. The number of nitrogens with zero attached hydrogens (tertiary/aromatic N) is 2. The van der Waals surface area contributed by atoms with E-state index >= 15 is 0 Å². The SMILES string of the molecule is OCCCc1cn2cc(F)ccc2n1. The Bertz CT molecular complexity index is 439. The summed E-state index contributed by atoms with van der Waals surface area (Å²) >= 11 is 0. The van der Waals surface area contributed by atoms with Crippen LogP contribution in [-0.2, 0) is 6.42 Å². The second kappa shape index (κ2) is 3.75. The fourth-order valence-electron chi connectivity index (χ4n) is 1.40. The van der Waals surface area contributed by atoms with Gasteiger partial charge in [-0.05, 0) is 25.0 Å². The maximum atomic E-state index is 12.8. The zero-order valence-electron chi connectivity index (χ0n) is 7.65. The van der Waals surface area contributed by atoms with Gasteiger partial charge in [-0.25, -0.2) is 9.37 Å². The molecule has 2 aromatic rings. The van der Waals surface area contributed by atoms with Crippen molar-refractivity contribution in [2.75, 3.05) is 6.61 Å². The highest BCUT2D eigenvalue weighted by Crippen LogP contribution is 2.08. The number of aromatic nitrogens is 2. The average molecular weight is 194 g/mol. The van der Waals surface area contributed by atoms with Crippen molar-refractivity contribution in [2.45, 2.75) is 12.8 Å². The number of halogens is 1. The number of fused-ring (bicyclic) bond motifs is 1. The molecule has 2 rings (SSSR count). The average Bonchev–Trinajstić information content (AvgIpc) is 2.56. The second-order valence-corrected chi connectivity index (χ2v) is 3.17. The smallest absolute Gasteiger partial charge is 0.139 e. The summed E-state index contributed by atoms with van der Waals surface area (Å²) in [6.45, 7) is 0.155. The molecule has 0 aliphatic rings. The zero-order valence-corrected chi connectivity index (χ0v) is 7.65. The molecule has 2 heterocycles. The van der Waals surface area contributed by atoms with Gasteiger partial charge in [0.1, 0.15) is 11.5 Å². The van der Waals surface area contributed by atoms with E-state index in [1.165, 1.54) is 12.3 Å². The van der Waals surface area contributed by atoms with E-state index in [1.54, 1.807) is 16.7 Å². The minimum absolute atomic E-state index is 0.155. The van der Waals surface area contributed by atoms with Crippen molar-refractivity contribution in [3.05, 3.63) is 36.0 Å². The van der Waals surface area contributed by atoms with Crippen LogP contribution in [0.25, 0.3) is 5.65 Å². The summed E-state index contributed by atoms with van der Waals surface area (Å²) in [7, 11) is 0. The molecule has 74 valence electrons. The van der Waals surface area contributed by atoms with Crippen LogP contribution in [0.1, 0.15) is 12.1 Å². The number of pyridine rings is 1. The fourth-order valence-corrected chi connectivity index (χ4v) is 1.40. The monoisotopic (exact) mass is 194 g/mol. The number of aliphatic hydroxyl groups is 1. The number of hydrogen-bond acceptors (Lipinski definition) is 2. The number of imidazole rings is 1. The molecule has 0 aliphatic heterocycles. The van der Waals surface area contributed by atoms with Gasteiger partial charge in [0.05, 0.1) is 5.69 Å². The molecule has 0 bridgehead atoms. The molecule has 2 aromatic heterocycles. The molecule has 3 nitrogen and oxygen atoms in total. The molecule has 0 spiro atoms. The first-order valence-electron chi connectivity index (χ1n) is 4.53. The van der Waals surface area contributed by atoms with Gasteiger partial charge >= 0.3 is 0 Å². The minimum Gasteiger partial charge on any atom is -0.396 e. The third kappa shape index (κ3) is 1.75. The van der Waals surface area contributed by atoms with Crippen molar-refractivity contribution in [2.24, 2.45) is 0 Å². The van der Waals surface area contributed by atoms with Gasteiger partial charge in [-0.1, -0.05) is 0 Å². The topological polar surface area (TPSA) is 37.5 Å². The first kappa shape index (κ1) is 9.15. The predicted octanol–water partition coefficient (Wildman–Crippen LogP) is 1.40. The Morgan fingerprint density at radius 3 is 3.00 bits per heavy atom. The summed E-state index contributed by atoms with van der Waals surface area (Å²) in [5, 5.41) is 8.65. The van der Waals surface area contributed by atoms with E-state index in [4.69, 9.17) is 5.11 Å². The van der Waals surface area contributed by atoms with Crippen molar-refractivity contribution in [1.82, 2.24) is 9.38 Å². The van der Waals surface area contributed by atoms with E-state index in [-0.39, 0.29) is 12.4 Å². The normalized spacial score (nSPS) is 11.0. The van der Waals surface area contributed by atoms with Crippen LogP contribution in [0.2, 0.25) is 0 Å². The number of aliphatic hydroxyl groups excluding tert-OH is 1. The summed E-state index contributed by atoms with van der Waals surface area (Å²) in [5.41, 5.74) is 1.61. The van der Waals surface area contributed by atoms with Crippen molar-refractivity contribution in [3.8, 4) is 0 Å². The Hall–Kier alpha value is -1.42. The van der Waals surface area contributed by atoms with Gasteiger partial charge in [0, 0.05) is 19.0 Å². The summed E-state index contributed by atoms with van der Waals surface area (Å²) in [5.74, 6) is -0.274. The Labute approximate surface area is 80.8 Å². The van der Waals surface area contributed by atoms with E-state index in [0.717, 1.165) is 17.8 Å². The van der Waals surface area contributed by atoms with Gasteiger partial charge in [0.15, 0.2) is 0 Å². The maximum Gasteiger partial charge on any atom is 0.139 e. The van der Waals surface area contributed by atoms with E-state index in [0.29, 0.717) is 6.42 Å². The molecule has 0 radical (unpaired) electrons. The number of hydrogen-bond donors (Lipinski definition) is 1. The highest BCUT2D eigenvalue weighted by molar-refractivity contribution is 5.39. The fraction of sp³-hybridized carbons (Fsp3) is 0.300. The third-order valence-electron chi connectivity index (χ3n) is 2.06. The lowest BCUT2D eigenvalue weighted by molar-refractivity contribution is 0.288. The molecule has 4 heteroatoms. The maximum absolute atomic E-state index is 12.8. The Kier molecular flexibility index (Phi) is 2.45. The van der Waals surface area contributed by atoms with Gasteiger partial charge in [0.2, 0.25) is 0 Å². The van der Waals surface area contributed by atoms with Crippen molar-refractivity contribution in [3.63, 3.8) is 0 Å². The molecule has 0 aromatic carbocycles. The van der Waals surface area contributed by atoms with E-state index in [1.807, 2.05) is 0 Å². The molecule has 0 saturated carbocycles. The van der Waals surface area contributed by atoms with Gasteiger partial charge < -0.3 is 9.51 Å². The van der Waals surface area contributed by atoms with Crippen molar-refractivity contribution < 1.29 is 9.50 Å². The van der Waals surface area contributed by atoms with Crippen LogP contribution in [0, 0.1) is 5.82 Å². The quantitative estimate of drug-likeness (QED) is 0.801. The molecular weight excluding hydrogens is 183 g/mol. The molecule has 0 unspecified atom stereocenters. The van der Waals surface area contributed by atoms with E-state index in [9.17, 15) is 4.39 Å². The standard InChI is InChI=1S/C10H11FN2O/c11-8-3-4-10-12-9(2-1-5-14)7-13(10)6-8/h3-4,6-7,14H,1-2,5H2. The lowest BCUT2D eigenvalue weighted by Gasteiger charge is -1.90. The van der Waals surface area contributed by atoms with E-state index in [2.05, 4.69) is 4.98 Å². The van der Waals surface area contributed by atoms with Crippen LogP contribution in [0.3, 0.4) is 0 Å².